The van der Waals surface area contributed by atoms with Crippen molar-refractivity contribution in [2.24, 2.45) is 0 Å². The van der Waals surface area contributed by atoms with Gasteiger partial charge in [0, 0.05) is 6.54 Å². The molecule has 0 aromatic heterocycles. The molecule has 76 valence electrons. The summed E-state index contributed by atoms with van der Waals surface area (Å²) in [6, 6.07) is 0. The highest BCUT2D eigenvalue weighted by molar-refractivity contribution is 5.71. The Morgan fingerprint density at radius 2 is 2.15 bits per heavy atom. The Morgan fingerprint density at radius 1 is 1.46 bits per heavy atom. The van der Waals surface area contributed by atoms with Crippen LogP contribution >= 0.6 is 0 Å². The fraction of sp³-hybridized carbons (Fsp3) is 0.714. The molecule has 0 rings (SSSR count). The maximum absolute atomic E-state index is 10.7. The predicted octanol–water partition coefficient (Wildman–Crippen LogP) is -0.732. The molecule has 0 fully saturated rings. The van der Waals surface area contributed by atoms with E-state index < -0.39 is 12.1 Å². The van der Waals surface area contributed by atoms with E-state index in [-0.39, 0.29) is 26.2 Å². The molecule has 0 bridgehead atoms. The van der Waals surface area contributed by atoms with E-state index in [1.807, 2.05) is 0 Å². The van der Waals surface area contributed by atoms with Gasteiger partial charge in [0.1, 0.15) is 6.61 Å². The van der Waals surface area contributed by atoms with Crippen LogP contribution in [0.3, 0.4) is 0 Å². The Labute approximate surface area is 75.8 Å². The number of aliphatic hydroxyl groups is 1. The maximum atomic E-state index is 10.7. The molecule has 0 aliphatic rings. The molecule has 0 saturated heterocycles. The van der Waals surface area contributed by atoms with Crippen LogP contribution in [0, 0.1) is 0 Å². The number of carbonyl (C=O) groups is 2. The minimum atomic E-state index is -0.655. The van der Waals surface area contributed by atoms with E-state index >= 15 is 0 Å². The molecule has 0 radical (unpaired) electrons. The number of amides is 1. The first-order chi connectivity index (χ1) is 6.20. The maximum Gasteiger partial charge on any atom is 0.407 e. The number of methoxy groups -OCH3 is 1. The van der Waals surface area contributed by atoms with Crippen molar-refractivity contribution in [1.82, 2.24) is 5.32 Å². The standard InChI is InChI=1S/C7H13NO5/c1-12-6(10)2-3-8-7(11)13-5-4-9/h9H,2-5H2,1H3,(H,8,11). The van der Waals surface area contributed by atoms with Gasteiger partial charge in [-0.25, -0.2) is 4.79 Å². The van der Waals surface area contributed by atoms with E-state index in [9.17, 15) is 9.59 Å². The SMILES string of the molecule is COC(=O)CCNC(=O)OCCO. The zero-order valence-electron chi connectivity index (χ0n) is 7.41. The zero-order valence-corrected chi connectivity index (χ0v) is 7.41. The molecule has 6 heteroatoms. The number of rotatable bonds is 5. The van der Waals surface area contributed by atoms with Crippen LogP contribution in [-0.2, 0) is 14.3 Å². The summed E-state index contributed by atoms with van der Waals surface area (Å²) in [5, 5.41) is 10.6. The molecule has 6 nitrogen and oxygen atoms in total. The van der Waals surface area contributed by atoms with Crippen molar-refractivity contribution in [3.05, 3.63) is 0 Å². The number of carbonyl (C=O) groups excluding carboxylic acids is 2. The number of esters is 1. The van der Waals surface area contributed by atoms with E-state index in [1.54, 1.807) is 0 Å². The van der Waals surface area contributed by atoms with Gasteiger partial charge in [-0.05, 0) is 0 Å². The van der Waals surface area contributed by atoms with Crippen LogP contribution in [0.4, 0.5) is 4.79 Å². The second-order valence-electron chi connectivity index (χ2n) is 2.11. The highest BCUT2D eigenvalue weighted by Crippen LogP contribution is 1.82. The van der Waals surface area contributed by atoms with Gasteiger partial charge in [0.15, 0.2) is 0 Å². The van der Waals surface area contributed by atoms with Crippen LogP contribution in [0.15, 0.2) is 0 Å². The first kappa shape index (κ1) is 11.7. The van der Waals surface area contributed by atoms with Gasteiger partial charge < -0.3 is 19.9 Å². The molecule has 0 spiro atoms. The Bertz CT molecular complexity index is 170. The van der Waals surface area contributed by atoms with Gasteiger partial charge in [-0.2, -0.15) is 0 Å². The average molecular weight is 191 g/mol. The van der Waals surface area contributed by atoms with E-state index in [2.05, 4.69) is 14.8 Å². The predicted molar refractivity (Wildman–Crippen MR) is 43.1 cm³/mol. The number of nitrogens with one attached hydrogen (secondary N) is 1. The lowest BCUT2D eigenvalue weighted by molar-refractivity contribution is -0.140. The summed E-state index contributed by atoms with van der Waals surface area (Å²) in [6.07, 6.45) is -0.553. The summed E-state index contributed by atoms with van der Waals surface area (Å²) in [5.74, 6) is -0.401. The normalized spacial score (nSPS) is 9.08. The third kappa shape index (κ3) is 7.07. The van der Waals surface area contributed by atoms with Crippen LogP contribution < -0.4 is 5.32 Å². The molecule has 0 atom stereocenters. The largest absolute Gasteiger partial charge is 0.469 e. The molecule has 0 unspecified atom stereocenters. The molecule has 0 saturated carbocycles. The Hall–Kier alpha value is -1.30. The van der Waals surface area contributed by atoms with Crippen LogP contribution in [-0.4, -0.2) is 44.0 Å². The third-order valence-corrected chi connectivity index (χ3v) is 1.15. The lowest BCUT2D eigenvalue weighted by Crippen LogP contribution is -2.27. The summed E-state index contributed by atoms with van der Waals surface area (Å²) >= 11 is 0. The zero-order chi connectivity index (χ0) is 10.1. The van der Waals surface area contributed by atoms with Crippen molar-refractivity contribution in [2.75, 3.05) is 26.9 Å². The van der Waals surface area contributed by atoms with Crippen molar-refractivity contribution in [1.29, 1.82) is 0 Å². The van der Waals surface area contributed by atoms with Gasteiger partial charge in [-0.1, -0.05) is 0 Å². The lowest BCUT2D eigenvalue weighted by atomic mass is 10.4. The van der Waals surface area contributed by atoms with Crippen molar-refractivity contribution < 1.29 is 24.2 Å². The Balaban J connectivity index is 3.31. The summed E-state index contributed by atoms with van der Waals surface area (Å²) in [6.45, 7) is -0.106. The summed E-state index contributed by atoms with van der Waals surface area (Å²) in [4.78, 5) is 21.2. The van der Waals surface area contributed by atoms with E-state index in [4.69, 9.17) is 5.11 Å². The van der Waals surface area contributed by atoms with Gasteiger partial charge in [0.2, 0.25) is 0 Å². The van der Waals surface area contributed by atoms with Gasteiger partial charge >= 0.3 is 12.1 Å². The van der Waals surface area contributed by atoms with Crippen molar-refractivity contribution >= 4 is 12.1 Å². The monoisotopic (exact) mass is 191 g/mol. The first-order valence-electron chi connectivity index (χ1n) is 3.79. The molecule has 0 heterocycles. The highest BCUT2D eigenvalue weighted by Gasteiger charge is 2.03. The number of hydrogen-bond acceptors (Lipinski definition) is 5. The minimum absolute atomic E-state index is 0.0515. The highest BCUT2D eigenvalue weighted by atomic mass is 16.6. The van der Waals surface area contributed by atoms with Gasteiger partial charge in [-0.3, -0.25) is 4.79 Å². The van der Waals surface area contributed by atoms with E-state index in [0.29, 0.717) is 0 Å². The Kier molecular flexibility index (Phi) is 6.62. The second-order valence-corrected chi connectivity index (χ2v) is 2.11. The second kappa shape index (κ2) is 7.35. The molecular formula is C7H13NO5. The summed E-state index contributed by atoms with van der Waals surface area (Å²) in [5.41, 5.74) is 0. The fourth-order valence-electron chi connectivity index (χ4n) is 0.558. The molecular weight excluding hydrogens is 178 g/mol. The van der Waals surface area contributed by atoms with Crippen molar-refractivity contribution in [3.8, 4) is 0 Å². The molecule has 0 aliphatic carbocycles. The van der Waals surface area contributed by atoms with E-state index in [0.717, 1.165) is 0 Å². The van der Waals surface area contributed by atoms with Crippen LogP contribution in [0.5, 0.6) is 0 Å². The first-order valence-corrected chi connectivity index (χ1v) is 3.79. The molecule has 1 amide bonds. The molecule has 13 heavy (non-hydrogen) atoms. The van der Waals surface area contributed by atoms with E-state index in [1.165, 1.54) is 7.11 Å². The lowest BCUT2D eigenvalue weighted by Gasteiger charge is -2.04. The van der Waals surface area contributed by atoms with Gasteiger partial charge in [-0.15, -0.1) is 0 Å². The molecule has 2 N–H and O–H groups in total. The van der Waals surface area contributed by atoms with Crippen LogP contribution in [0.1, 0.15) is 6.42 Å². The summed E-state index contributed by atoms with van der Waals surface area (Å²) < 4.78 is 8.80. The fourth-order valence-corrected chi connectivity index (χ4v) is 0.558. The number of hydrogen-bond donors (Lipinski definition) is 2. The smallest absolute Gasteiger partial charge is 0.407 e. The van der Waals surface area contributed by atoms with Gasteiger partial charge in [0.25, 0.3) is 0 Å². The number of ether oxygens (including phenoxy) is 2. The summed E-state index contributed by atoms with van der Waals surface area (Å²) in [7, 11) is 1.27. The van der Waals surface area contributed by atoms with Crippen LogP contribution in [0.25, 0.3) is 0 Å². The van der Waals surface area contributed by atoms with Crippen molar-refractivity contribution in [2.45, 2.75) is 6.42 Å². The third-order valence-electron chi connectivity index (χ3n) is 1.15. The van der Waals surface area contributed by atoms with Gasteiger partial charge in [0.05, 0.1) is 20.1 Å². The van der Waals surface area contributed by atoms with Crippen LogP contribution in [0.2, 0.25) is 0 Å². The minimum Gasteiger partial charge on any atom is -0.469 e. The number of alkyl carbamates (subject to hydrolysis) is 1. The molecule has 0 aromatic carbocycles. The number of aliphatic hydroxyl groups excluding tert-OH is 1. The average Bonchev–Trinajstić information content (AvgIpc) is 2.14. The van der Waals surface area contributed by atoms with Crippen molar-refractivity contribution in [3.63, 3.8) is 0 Å². The topological polar surface area (TPSA) is 84.9 Å². The molecule has 0 aliphatic heterocycles. The quantitative estimate of drug-likeness (QED) is 0.559. The molecule has 0 aromatic rings. The Morgan fingerprint density at radius 3 is 2.69 bits per heavy atom.